The quantitative estimate of drug-likeness (QED) is 0.842. The molecule has 1 heterocycles. The fraction of sp³-hybridized carbons (Fsp3) is 0.316. The molecule has 2 N–H and O–H groups in total. The van der Waals surface area contributed by atoms with Crippen LogP contribution in [0.5, 0.6) is 5.75 Å². The van der Waals surface area contributed by atoms with Crippen molar-refractivity contribution >= 4 is 11.6 Å². The van der Waals surface area contributed by atoms with Gasteiger partial charge in [-0.25, -0.2) is 4.39 Å². The summed E-state index contributed by atoms with van der Waals surface area (Å²) in [6.07, 6.45) is 0.190. The van der Waals surface area contributed by atoms with Crippen molar-refractivity contribution in [1.82, 2.24) is 5.32 Å². The third-order valence-corrected chi connectivity index (χ3v) is 4.29. The second kappa shape index (κ2) is 7.53. The van der Waals surface area contributed by atoms with Gasteiger partial charge in [0.05, 0.1) is 6.10 Å². The first-order valence-corrected chi connectivity index (χ1v) is 8.20. The summed E-state index contributed by atoms with van der Waals surface area (Å²) < 4.78 is 18.1. The molecule has 0 bridgehead atoms. The smallest absolute Gasteiger partial charge is 0.258 e. The van der Waals surface area contributed by atoms with E-state index >= 15 is 0 Å². The summed E-state index contributed by atoms with van der Waals surface area (Å²) in [6, 6.07) is 11.3. The summed E-state index contributed by atoms with van der Waals surface area (Å²) >= 11 is 0. The Morgan fingerprint density at radius 3 is 2.84 bits per heavy atom. The number of halogens is 1. The van der Waals surface area contributed by atoms with Gasteiger partial charge in [0.25, 0.3) is 5.91 Å². The molecule has 1 aliphatic heterocycles. The van der Waals surface area contributed by atoms with Gasteiger partial charge in [-0.15, -0.1) is 0 Å². The fourth-order valence-corrected chi connectivity index (χ4v) is 2.85. The van der Waals surface area contributed by atoms with Crippen LogP contribution in [0.1, 0.15) is 17.2 Å². The van der Waals surface area contributed by atoms with Crippen molar-refractivity contribution in [2.24, 2.45) is 0 Å². The second-order valence-electron chi connectivity index (χ2n) is 6.12. The minimum absolute atomic E-state index is 0.111. The molecule has 6 heteroatoms. The molecule has 3 rings (SSSR count). The van der Waals surface area contributed by atoms with Crippen LogP contribution < -0.4 is 15.0 Å². The number of aliphatic hydroxyl groups excluding tert-OH is 1. The monoisotopic (exact) mass is 344 g/mol. The highest BCUT2D eigenvalue weighted by Crippen LogP contribution is 2.29. The SMILES string of the molecule is CN1CCc2cc(C(O)CNC(=O)COc3ccc(F)cc3)ccc21. The molecule has 0 saturated carbocycles. The number of nitrogens with zero attached hydrogens (tertiary/aromatic N) is 1. The van der Waals surface area contributed by atoms with E-state index in [0.29, 0.717) is 5.75 Å². The van der Waals surface area contributed by atoms with Gasteiger partial charge in [0, 0.05) is 25.8 Å². The van der Waals surface area contributed by atoms with Crippen LogP contribution in [0.25, 0.3) is 0 Å². The van der Waals surface area contributed by atoms with Crippen LogP contribution in [-0.4, -0.2) is 37.8 Å². The summed E-state index contributed by atoms with van der Waals surface area (Å²) in [5.74, 6) is -0.287. The van der Waals surface area contributed by atoms with Crippen molar-refractivity contribution in [3.8, 4) is 5.75 Å². The maximum Gasteiger partial charge on any atom is 0.258 e. The first-order valence-electron chi connectivity index (χ1n) is 8.20. The summed E-state index contributed by atoms with van der Waals surface area (Å²) in [7, 11) is 2.04. The number of fused-ring (bicyclic) bond motifs is 1. The van der Waals surface area contributed by atoms with Crippen LogP contribution in [0.4, 0.5) is 10.1 Å². The highest BCUT2D eigenvalue weighted by atomic mass is 19.1. The zero-order valence-corrected chi connectivity index (χ0v) is 14.0. The molecule has 132 valence electrons. The van der Waals surface area contributed by atoms with Gasteiger partial charge in [0.1, 0.15) is 11.6 Å². The number of amides is 1. The molecule has 1 atom stereocenters. The van der Waals surface area contributed by atoms with E-state index in [1.165, 1.54) is 35.5 Å². The number of ether oxygens (including phenoxy) is 1. The van der Waals surface area contributed by atoms with Crippen molar-refractivity contribution in [1.29, 1.82) is 0 Å². The molecule has 2 aromatic carbocycles. The lowest BCUT2D eigenvalue weighted by molar-refractivity contribution is -0.123. The van der Waals surface area contributed by atoms with Gasteiger partial charge in [0.15, 0.2) is 6.61 Å². The topological polar surface area (TPSA) is 61.8 Å². The average molecular weight is 344 g/mol. The Hall–Kier alpha value is -2.60. The Balaban J connectivity index is 1.47. The van der Waals surface area contributed by atoms with Crippen LogP contribution in [0, 0.1) is 5.82 Å². The number of hydrogen-bond donors (Lipinski definition) is 2. The Bertz CT molecular complexity index is 749. The Morgan fingerprint density at radius 2 is 2.08 bits per heavy atom. The van der Waals surface area contributed by atoms with Crippen LogP contribution >= 0.6 is 0 Å². The van der Waals surface area contributed by atoms with E-state index in [9.17, 15) is 14.3 Å². The van der Waals surface area contributed by atoms with Crippen LogP contribution in [0.3, 0.4) is 0 Å². The van der Waals surface area contributed by atoms with Crippen molar-refractivity contribution in [3.63, 3.8) is 0 Å². The van der Waals surface area contributed by atoms with Crippen molar-refractivity contribution in [2.75, 3.05) is 31.6 Å². The minimum Gasteiger partial charge on any atom is -0.484 e. The number of rotatable bonds is 6. The van der Waals surface area contributed by atoms with E-state index in [1.54, 1.807) is 0 Å². The summed E-state index contributed by atoms with van der Waals surface area (Å²) in [4.78, 5) is 14.0. The van der Waals surface area contributed by atoms with E-state index in [1.807, 2.05) is 25.2 Å². The molecule has 0 fully saturated rings. The first-order chi connectivity index (χ1) is 12.0. The predicted octanol–water partition coefficient (Wildman–Crippen LogP) is 2.05. The molecular weight excluding hydrogens is 323 g/mol. The van der Waals surface area contributed by atoms with Gasteiger partial charge in [-0.2, -0.15) is 0 Å². The number of carbonyl (C=O) groups is 1. The summed E-state index contributed by atoms with van der Waals surface area (Å²) in [5, 5.41) is 12.9. The molecule has 0 aliphatic carbocycles. The molecule has 0 aromatic heterocycles. The lowest BCUT2D eigenvalue weighted by Gasteiger charge is -2.15. The molecule has 0 radical (unpaired) electrons. The van der Waals surface area contributed by atoms with E-state index < -0.39 is 6.10 Å². The van der Waals surface area contributed by atoms with E-state index in [2.05, 4.69) is 10.2 Å². The number of carbonyl (C=O) groups excluding carboxylic acids is 1. The van der Waals surface area contributed by atoms with Crippen LogP contribution in [-0.2, 0) is 11.2 Å². The standard InChI is InChI=1S/C19H21FN2O3/c1-22-9-8-13-10-14(2-7-17(13)22)18(23)11-21-19(24)12-25-16-5-3-15(20)4-6-16/h2-7,10,18,23H,8-9,11-12H2,1H3,(H,21,24). The number of nitrogens with one attached hydrogen (secondary N) is 1. The highest BCUT2D eigenvalue weighted by molar-refractivity contribution is 5.77. The lowest BCUT2D eigenvalue weighted by atomic mass is 10.0. The molecule has 0 saturated heterocycles. The Labute approximate surface area is 146 Å². The van der Waals surface area contributed by atoms with Gasteiger partial charge in [-0.05, 0) is 47.9 Å². The van der Waals surface area contributed by atoms with E-state index in [0.717, 1.165) is 18.5 Å². The third-order valence-electron chi connectivity index (χ3n) is 4.29. The summed E-state index contributed by atoms with van der Waals surface area (Å²) in [6.45, 7) is 0.903. The third kappa shape index (κ3) is 4.28. The molecule has 1 aliphatic rings. The van der Waals surface area contributed by atoms with Gasteiger partial charge in [-0.3, -0.25) is 4.79 Å². The minimum atomic E-state index is -0.772. The largest absolute Gasteiger partial charge is 0.484 e. The van der Waals surface area contributed by atoms with Gasteiger partial charge >= 0.3 is 0 Å². The maximum absolute atomic E-state index is 12.8. The van der Waals surface area contributed by atoms with Crippen LogP contribution in [0.15, 0.2) is 42.5 Å². The molecular formula is C19H21FN2O3. The highest BCUT2D eigenvalue weighted by Gasteiger charge is 2.18. The van der Waals surface area contributed by atoms with Crippen molar-refractivity contribution in [2.45, 2.75) is 12.5 Å². The zero-order valence-electron chi connectivity index (χ0n) is 14.0. The molecule has 5 nitrogen and oxygen atoms in total. The second-order valence-corrected chi connectivity index (χ2v) is 6.12. The number of aliphatic hydroxyl groups is 1. The molecule has 0 spiro atoms. The number of benzene rings is 2. The zero-order chi connectivity index (χ0) is 17.8. The number of hydrogen-bond acceptors (Lipinski definition) is 4. The van der Waals surface area contributed by atoms with Gasteiger partial charge in [-0.1, -0.05) is 12.1 Å². The first kappa shape index (κ1) is 17.2. The van der Waals surface area contributed by atoms with E-state index in [-0.39, 0.29) is 24.9 Å². The predicted molar refractivity (Wildman–Crippen MR) is 93.3 cm³/mol. The molecule has 2 aromatic rings. The fourth-order valence-electron chi connectivity index (χ4n) is 2.85. The van der Waals surface area contributed by atoms with Crippen molar-refractivity contribution in [3.05, 3.63) is 59.4 Å². The maximum atomic E-state index is 12.8. The number of anilines is 1. The molecule has 1 amide bonds. The average Bonchev–Trinajstić information content (AvgIpc) is 2.99. The van der Waals surface area contributed by atoms with Crippen molar-refractivity contribution < 1.29 is 19.0 Å². The van der Waals surface area contributed by atoms with E-state index in [4.69, 9.17) is 4.74 Å². The molecule has 1 unspecified atom stereocenters. The molecule has 25 heavy (non-hydrogen) atoms. The Morgan fingerprint density at radius 1 is 1.32 bits per heavy atom. The Kier molecular flexibility index (Phi) is 5.19. The number of likely N-dealkylation sites (N-methyl/N-ethyl adjacent to an activating group) is 1. The van der Waals surface area contributed by atoms with Gasteiger partial charge < -0.3 is 20.1 Å². The van der Waals surface area contributed by atoms with Crippen LogP contribution in [0.2, 0.25) is 0 Å². The summed E-state index contributed by atoms with van der Waals surface area (Å²) in [5.41, 5.74) is 3.19. The normalized spacial score (nSPS) is 14.1. The lowest BCUT2D eigenvalue weighted by Crippen LogP contribution is -2.32. The van der Waals surface area contributed by atoms with Gasteiger partial charge in [0.2, 0.25) is 0 Å².